The van der Waals surface area contributed by atoms with Crippen LogP contribution in [0.2, 0.25) is 0 Å². The average molecular weight is 2130 g/mol. The number of phosphoric acid groups is 6. The topological polar surface area (TPSA) is 893 Å². The van der Waals surface area contributed by atoms with Crippen LogP contribution in [0.5, 0.6) is 5.75 Å². The maximum Gasteiger partial charge on any atom is 0.527 e. The lowest BCUT2D eigenvalue weighted by Gasteiger charge is -2.26. The largest absolute Gasteiger partial charge is 0.527 e. The number of hydrogen-bond acceptors (Lipinski definition) is 47. The number of nitrogen functional groups attached to an aromatic ring is 5. The number of ether oxygens (including phenoxy) is 6. The second kappa shape index (κ2) is 38.8. The third-order valence-corrected chi connectivity index (χ3v) is 30.0. The van der Waals surface area contributed by atoms with Crippen LogP contribution in [0.4, 0.5) is 29.6 Å². The van der Waals surface area contributed by atoms with Crippen molar-refractivity contribution in [3.05, 3.63) is 167 Å². The van der Waals surface area contributed by atoms with E-state index in [0.717, 1.165) is 55.2 Å². The molecule has 0 spiro atoms. The van der Waals surface area contributed by atoms with Crippen molar-refractivity contribution in [3.8, 4) is 5.75 Å². The standard InChI is InChI=1S/C74H83N27O37P6/c1-30-17-96(74(108)95-65(30)103)49-12-37(43(128-49)19-122-139(109,110)133-36-10-31-6-2-3-7-32(31)33-8-4-5-9-34(33)36)134-141(113,114)124-21-45-39(14-51(130-45)99-27-84-56-62(99)88-71(77)92-67(56)105)137-143(117,118)126-23-47-41(16-53(132-47)101-29-86-58-64(101)90-73(79)94-69(58)107)138-144(119,120)125-22-46-40(15-52(131-46)100-28-85-57-63(100)89-72(78)93-68(57)106)136-142(115,116)123-20-44-38(13-50(129-44)97-25-82-54-59(75)80-24-81-60(54)97)135-140(111,112)121-18-42-35(102)11-48(127-42)98-26-83-55-61(98)87-70(76)91-66(55)104/h2-10,17,24-29,35,37-53,102H,11-16,18-23H2,1H3,(H,109,110)(H,111,112)(H,113,114)(H,115,116)(H,117,118)(H,119,120)(H2,75,80,81)(H,95,103,108)(H3,76,87,91,104)(H3,77,88,92,105)(H3,78,89,93,106)(H3,79,90,94,107). The van der Waals surface area contributed by atoms with Crippen molar-refractivity contribution in [3.63, 3.8) is 0 Å². The third kappa shape index (κ3) is 20.7. The fraction of sp³-hybridized carbons (Fsp3) is 0.419. The van der Waals surface area contributed by atoms with E-state index in [9.17, 15) is 90.6 Å². The molecule has 0 amide bonds. The number of phosphoric ester groups is 6. The maximum atomic E-state index is 14.8. The molecule has 6 fully saturated rings. The van der Waals surface area contributed by atoms with Gasteiger partial charge in [0.25, 0.3) is 27.8 Å². The number of aromatic amines is 5. The Balaban J connectivity index is 0.532. The Hall–Kier alpha value is -12.0. The van der Waals surface area contributed by atoms with Crippen LogP contribution < -0.4 is 66.7 Å². The van der Waals surface area contributed by atoms with E-state index in [1.807, 2.05) is 6.07 Å². The van der Waals surface area contributed by atoms with Gasteiger partial charge in [0.05, 0.1) is 77.4 Å². The number of fused-ring (bicyclic) bond motifs is 8. The van der Waals surface area contributed by atoms with Gasteiger partial charge >= 0.3 is 52.6 Å². The monoisotopic (exact) mass is 2130 g/mol. The van der Waals surface area contributed by atoms with Gasteiger partial charge in [-0.2, -0.15) is 19.9 Å². The lowest BCUT2D eigenvalue weighted by Crippen LogP contribution is -2.33. The molecule has 14 aromatic rings. The first kappa shape index (κ1) is 99.4. The smallest absolute Gasteiger partial charge is 0.403 e. The van der Waals surface area contributed by atoms with E-state index in [1.165, 1.54) is 34.8 Å². The molecule has 24 atom stereocenters. The van der Waals surface area contributed by atoms with Gasteiger partial charge < -0.3 is 91.2 Å². The Morgan fingerprint density at radius 1 is 0.361 bits per heavy atom. The van der Waals surface area contributed by atoms with Gasteiger partial charge in [0.15, 0.2) is 56.1 Å². The van der Waals surface area contributed by atoms with Crippen LogP contribution in [-0.4, -0.2) is 255 Å². The molecule has 0 aliphatic carbocycles. The summed E-state index contributed by atoms with van der Waals surface area (Å²) < 4.78 is 198. The van der Waals surface area contributed by atoms with Gasteiger partial charge in [0.2, 0.25) is 23.8 Å². The zero-order valence-electron chi connectivity index (χ0n) is 73.7. The van der Waals surface area contributed by atoms with Crippen LogP contribution in [0.25, 0.3) is 77.4 Å². The van der Waals surface area contributed by atoms with Crippen LogP contribution in [0.15, 0.2) is 128 Å². The quantitative estimate of drug-likeness (QED) is 0.0194. The second-order valence-corrected chi connectivity index (χ2v) is 41.9. The lowest BCUT2D eigenvalue weighted by atomic mass is 10.0. The molecule has 22 N–H and O–H groups in total. The Kier molecular flexibility index (Phi) is 26.8. The molecule has 11 aromatic heterocycles. The van der Waals surface area contributed by atoms with Crippen molar-refractivity contribution in [2.45, 2.75) is 156 Å². The van der Waals surface area contributed by atoms with Crippen molar-refractivity contribution < 1.29 is 145 Å². The summed E-state index contributed by atoms with van der Waals surface area (Å²) in [5.74, 6) is -1.61. The minimum atomic E-state index is -5.73. The van der Waals surface area contributed by atoms with Crippen LogP contribution >= 0.6 is 46.9 Å². The number of aliphatic hydroxyl groups is 1. The Morgan fingerprint density at radius 2 is 0.667 bits per heavy atom. The van der Waals surface area contributed by atoms with Crippen molar-refractivity contribution >= 4 is 154 Å². The molecule has 64 nitrogen and oxygen atoms in total. The molecule has 6 aliphatic heterocycles. The van der Waals surface area contributed by atoms with Gasteiger partial charge in [0, 0.05) is 55.7 Å². The molecule has 0 saturated carbocycles. The van der Waals surface area contributed by atoms with E-state index in [1.54, 1.807) is 42.5 Å². The Bertz CT molecular complexity index is 8080. The number of nitrogens with one attached hydrogen (secondary N) is 5. The number of benzene rings is 3. The van der Waals surface area contributed by atoms with E-state index in [2.05, 4.69) is 79.7 Å². The fourth-order valence-corrected chi connectivity index (χ4v) is 23.0. The summed E-state index contributed by atoms with van der Waals surface area (Å²) in [5.41, 5.74) is 23.3. The summed E-state index contributed by atoms with van der Waals surface area (Å²) in [5, 5.41) is 13.6. The highest BCUT2D eigenvalue weighted by atomic mass is 31.2. The highest BCUT2D eigenvalue weighted by Crippen LogP contribution is 2.58. The Morgan fingerprint density at radius 3 is 1.04 bits per heavy atom. The molecular formula is C74H83N27O37P6. The number of nitrogens with two attached hydrogens (primary N) is 5. The van der Waals surface area contributed by atoms with Crippen LogP contribution in [-0.2, 0) is 106 Å². The van der Waals surface area contributed by atoms with E-state index in [4.69, 9.17) is 111 Å². The van der Waals surface area contributed by atoms with Crippen LogP contribution in [0.3, 0.4) is 0 Å². The summed E-state index contributed by atoms with van der Waals surface area (Å²) in [6.45, 7) is -4.90. The van der Waals surface area contributed by atoms with Crippen LogP contribution in [0.1, 0.15) is 81.5 Å². The van der Waals surface area contributed by atoms with Crippen molar-refractivity contribution in [2.24, 2.45) is 0 Å². The number of rotatable bonds is 36. The average Bonchev–Trinajstić information content (AvgIpc) is 1.39. The molecule has 20 rings (SSSR count). The summed E-state index contributed by atoms with van der Waals surface area (Å²) in [6.07, 6.45) is -23.3. The molecule has 3 aromatic carbocycles. The molecule has 70 heteroatoms. The maximum absolute atomic E-state index is 14.8. The third-order valence-electron chi connectivity index (χ3n) is 24.0. The van der Waals surface area contributed by atoms with Gasteiger partial charge in [-0.05, 0) is 29.1 Å². The highest BCUT2D eigenvalue weighted by Gasteiger charge is 2.53. The number of H-pyrrole nitrogens is 5. The summed E-state index contributed by atoms with van der Waals surface area (Å²) in [7, 11) is -33.2. The van der Waals surface area contributed by atoms with Crippen molar-refractivity contribution in [1.29, 1.82) is 0 Å². The zero-order chi connectivity index (χ0) is 101. The molecule has 6 aliphatic rings. The molecule has 0 radical (unpaired) electrons. The number of nitrogens with zero attached hydrogens (tertiary/aromatic N) is 17. The minimum Gasteiger partial charge on any atom is -0.403 e. The minimum absolute atomic E-state index is 0.00462. The predicted molar refractivity (Wildman–Crippen MR) is 484 cm³/mol. The fourth-order valence-electron chi connectivity index (χ4n) is 17.5. The Labute approximate surface area is 798 Å². The second-order valence-electron chi connectivity index (χ2n) is 33.5. The lowest BCUT2D eigenvalue weighted by molar-refractivity contribution is -0.0638. The van der Waals surface area contributed by atoms with E-state index in [-0.39, 0.29) is 85.3 Å². The number of anilines is 5. The zero-order valence-corrected chi connectivity index (χ0v) is 79.0. The highest BCUT2D eigenvalue weighted by molar-refractivity contribution is 7.49. The van der Waals surface area contributed by atoms with E-state index < -0.39 is 281 Å². The number of aryl methyl sites for hydroxylation is 1. The molecule has 17 heterocycles. The van der Waals surface area contributed by atoms with Gasteiger partial charge in [-0.25, -0.2) is 67.1 Å². The van der Waals surface area contributed by atoms with Gasteiger partial charge in [-0.1, -0.05) is 48.5 Å². The van der Waals surface area contributed by atoms with Gasteiger partial charge in [-0.3, -0.25) is 131 Å². The predicted octanol–water partition coefficient (Wildman–Crippen LogP) is 1.23. The number of aromatic nitrogens is 22. The van der Waals surface area contributed by atoms with E-state index in [0.29, 0.717) is 16.2 Å². The first-order valence-corrected chi connectivity index (χ1v) is 52.0. The number of imidazole rings is 5. The summed E-state index contributed by atoms with van der Waals surface area (Å²) >= 11 is 0. The van der Waals surface area contributed by atoms with Crippen molar-refractivity contribution in [1.82, 2.24) is 107 Å². The molecule has 24 unspecified atom stereocenters. The molecule has 144 heavy (non-hydrogen) atoms. The van der Waals surface area contributed by atoms with Crippen molar-refractivity contribution in [2.75, 3.05) is 68.3 Å². The first-order chi connectivity index (χ1) is 68.5. The SMILES string of the molecule is Cc1cn(C2CC(OP(=O)(O)OCC3OC(n4cnc5c(=O)[nH]c(N)nc54)CC3OP(=O)(O)OCC3OC(n4cnc5c(=O)[nH]c(N)nc54)CC3OP(=O)(O)OCC3OC(n4cnc5c(=O)[nH]c(N)nc54)CC3OP(=O)(O)OCC3OC(n4cnc5c(N)ncnc54)CC3OP(=O)(O)OCC3OC(n4cnc5c(=O)[nH]c(N)nc54)CC3O)C(COP(=O)(O)Oc3cc4ccccc4c4ccccc34)O2)c(=O)[nH]c1=O. The van der Waals surface area contributed by atoms with E-state index >= 15 is 0 Å². The van der Waals surface area contributed by atoms with Crippen LogP contribution in [0, 0.1) is 6.92 Å². The molecule has 766 valence electrons. The van der Waals surface area contributed by atoms with Gasteiger partial charge in [0.1, 0.15) is 122 Å². The molecular weight excluding hydrogens is 2040 g/mol. The first-order valence-electron chi connectivity index (χ1n) is 43.1. The molecule has 0 bridgehead atoms. The molecule has 6 saturated heterocycles. The summed E-state index contributed by atoms with van der Waals surface area (Å²) in [4.78, 5) is 205. The summed E-state index contributed by atoms with van der Waals surface area (Å²) in [6, 6.07) is 15.5. The number of hydrogen-bond donors (Lipinski definition) is 17. The van der Waals surface area contributed by atoms with Gasteiger partial charge in [-0.15, -0.1) is 0 Å². The normalized spacial score (nSPS) is 27.3. The number of aliphatic hydroxyl groups excluding tert-OH is 1.